The number of nitrogens with one attached hydrogen (secondary N) is 2. The van der Waals surface area contributed by atoms with Crippen LogP contribution in [0.15, 0.2) is 12.4 Å². The zero-order valence-corrected chi connectivity index (χ0v) is 12.6. The van der Waals surface area contributed by atoms with E-state index in [0.717, 1.165) is 36.9 Å². The molecule has 2 N–H and O–H groups in total. The Bertz CT molecular complexity index is 408. The van der Waals surface area contributed by atoms with Crippen LogP contribution in [0.25, 0.3) is 0 Å². The van der Waals surface area contributed by atoms with Crippen LogP contribution in [0, 0.1) is 12.8 Å². The van der Waals surface area contributed by atoms with Gasteiger partial charge in [-0.05, 0) is 45.1 Å². The normalized spacial score (nSPS) is 30.8. The van der Waals surface area contributed by atoms with Gasteiger partial charge in [-0.25, -0.2) is 4.98 Å². The molecule has 3 rings (SSSR count). The molecule has 0 bridgehead atoms. The van der Waals surface area contributed by atoms with E-state index in [0.29, 0.717) is 0 Å². The molecule has 2 fully saturated rings. The van der Waals surface area contributed by atoms with Crippen molar-refractivity contribution in [3.8, 4) is 0 Å². The Kier molecular flexibility index (Phi) is 4.73. The molecular weight excluding hydrogens is 248 g/mol. The maximum Gasteiger partial charge on any atom is 0.105 e. The lowest BCUT2D eigenvalue weighted by Crippen LogP contribution is -2.47. The first-order chi connectivity index (χ1) is 9.84. The van der Waals surface area contributed by atoms with Crippen LogP contribution in [0.5, 0.6) is 0 Å². The van der Waals surface area contributed by atoms with Crippen molar-refractivity contribution >= 4 is 0 Å². The number of imidazole rings is 1. The van der Waals surface area contributed by atoms with Crippen molar-refractivity contribution in [2.24, 2.45) is 5.92 Å². The Morgan fingerprint density at radius 3 is 3.00 bits per heavy atom. The summed E-state index contributed by atoms with van der Waals surface area (Å²) in [5, 5.41) is 7.55. The van der Waals surface area contributed by atoms with Crippen LogP contribution in [-0.2, 0) is 6.54 Å². The fourth-order valence-electron chi connectivity index (χ4n) is 3.98. The second kappa shape index (κ2) is 6.72. The van der Waals surface area contributed by atoms with E-state index < -0.39 is 0 Å². The van der Waals surface area contributed by atoms with Crippen LogP contribution in [0.3, 0.4) is 0 Å². The van der Waals surface area contributed by atoms with Gasteiger partial charge in [0, 0.05) is 37.6 Å². The Labute approximate surface area is 122 Å². The molecule has 3 atom stereocenters. The minimum Gasteiger partial charge on any atom is -0.334 e. The molecule has 1 aliphatic heterocycles. The summed E-state index contributed by atoms with van der Waals surface area (Å²) in [5.41, 5.74) is 0. The third-order valence-electron chi connectivity index (χ3n) is 5.12. The molecule has 1 saturated carbocycles. The summed E-state index contributed by atoms with van der Waals surface area (Å²) in [5.74, 6) is 1.96. The quantitative estimate of drug-likeness (QED) is 0.865. The van der Waals surface area contributed by atoms with Crippen molar-refractivity contribution < 1.29 is 0 Å². The average molecular weight is 276 g/mol. The van der Waals surface area contributed by atoms with Gasteiger partial charge in [-0.1, -0.05) is 12.8 Å². The van der Waals surface area contributed by atoms with Gasteiger partial charge in [0.05, 0.1) is 0 Å². The molecular formula is C16H28N4. The van der Waals surface area contributed by atoms with Crippen molar-refractivity contribution in [3.63, 3.8) is 0 Å². The molecule has 0 radical (unpaired) electrons. The van der Waals surface area contributed by atoms with Crippen LogP contribution in [0.1, 0.15) is 44.3 Å². The molecule has 20 heavy (non-hydrogen) atoms. The van der Waals surface area contributed by atoms with Crippen molar-refractivity contribution in [2.75, 3.05) is 13.1 Å². The minimum absolute atomic E-state index is 0.717. The highest BCUT2D eigenvalue weighted by Gasteiger charge is 2.33. The standard InChI is InChI=1S/C16H28N4/c1-13-17-9-11-20(13)12-10-19-16-7-4-5-14(16)15-6-2-3-8-18-15/h9,11,14-16,18-19H,2-8,10,12H2,1H3. The van der Waals surface area contributed by atoms with Crippen LogP contribution >= 0.6 is 0 Å². The van der Waals surface area contributed by atoms with Gasteiger partial charge in [0.2, 0.25) is 0 Å². The predicted octanol–water partition coefficient (Wildman–Crippen LogP) is 2.09. The molecule has 112 valence electrons. The molecule has 1 aliphatic carbocycles. The van der Waals surface area contributed by atoms with Crippen LogP contribution in [0.2, 0.25) is 0 Å². The lowest BCUT2D eigenvalue weighted by atomic mass is 9.88. The molecule has 3 unspecified atom stereocenters. The molecule has 4 heteroatoms. The van der Waals surface area contributed by atoms with Gasteiger partial charge in [-0.15, -0.1) is 0 Å². The third kappa shape index (κ3) is 3.23. The zero-order chi connectivity index (χ0) is 13.8. The van der Waals surface area contributed by atoms with Gasteiger partial charge in [0.15, 0.2) is 0 Å². The maximum absolute atomic E-state index is 4.28. The number of rotatable bonds is 5. The number of aromatic nitrogens is 2. The molecule has 0 amide bonds. The molecule has 0 aromatic carbocycles. The van der Waals surface area contributed by atoms with Crippen molar-refractivity contribution in [2.45, 2.75) is 64.1 Å². The molecule has 1 aromatic rings. The van der Waals surface area contributed by atoms with E-state index in [-0.39, 0.29) is 0 Å². The molecule has 2 heterocycles. The first-order valence-corrected chi connectivity index (χ1v) is 8.29. The van der Waals surface area contributed by atoms with E-state index >= 15 is 0 Å². The highest BCUT2D eigenvalue weighted by atomic mass is 15.1. The molecule has 4 nitrogen and oxygen atoms in total. The van der Waals surface area contributed by atoms with E-state index in [1.807, 2.05) is 6.20 Å². The molecule has 0 spiro atoms. The van der Waals surface area contributed by atoms with E-state index in [1.54, 1.807) is 0 Å². The van der Waals surface area contributed by atoms with Crippen molar-refractivity contribution in [3.05, 3.63) is 18.2 Å². The number of aryl methyl sites for hydroxylation is 1. The monoisotopic (exact) mass is 276 g/mol. The van der Waals surface area contributed by atoms with Gasteiger partial charge in [-0.3, -0.25) is 0 Å². The lowest BCUT2D eigenvalue weighted by Gasteiger charge is -2.33. The minimum atomic E-state index is 0.717. The third-order valence-corrected chi connectivity index (χ3v) is 5.12. The van der Waals surface area contributed by atoms with Crippen molar-refractivity contribution in [1.82, 2.24) is 20.2 Å². The summed E-state index contributed by atoms with van der Waals surface area (Å²) in [4.78, 5) is 4.28. The number of piperidine rings is 1. The second-order valence-corrected chi connectivity index (χ2v) is 6.38. The maximum atomic E-state index is 4.28. The van der Waals surface area contributed by atoms with Gasteiger partial charge in [0.25, 0.3) is 0 Å². The number of hydrogen-bond donors (Lipinski definition) is 2. The molecule has 1 aromatic heterocycles. The predicted molar refractivity (Wildman–Crippen MR) is 81.7 cm³/mol. The largest absolute Gasteiger partial charge is 0.334 e. The van der Waals surface area contributed by atoms with Gasteiger partial charge < -0.3 is 15.2 Å². The summed E-state index contributed by atoms with van der Waals surface area (Å²) < 4.78 is 2.23. The van der Waals surface area contributed by atoms with Gasteiger partial charge in [-0.2, -0.15) is 0 Å². The highest BCUT2D eigenvalue weighted by Crippen LogP contribution is 2.31. The van der Waals surface area contributed by atoms with Gasteiger partial charge in [0.1, 0.15) is 5.82 Å². The SMILES string of the molecule is Cc1nccn1CCNC1CCCC1C1CCCCN1. The first kappa shape index (κ1) is 14.1. The van der Waals surface area contributed by atoms with E-state index in [2.05, 4.69) is 33.3 Å². The fourth-order valence-corrected chi connectivity index (χ4v) is 3.98. The van der Waals surface area contributed by atoms with Gasteiger partial charge >= 0.3 is 0 Å². The second-order valence-electron chi connectivity index (χ2n) is 6.38. The van der Waals surface area contributed by atoms with Crippen LogP contribution in [0.4, 0.5) is 0 Å². The zero-order valence-electron chi connectivity index (χ0n) is 12.6. The van der Waals surface area contributed by atoms with Crippen LogP contribution < -0.4 is 10.6 Å². The summed E-state index contributed by atoms with van der Waals surface area (Å²) in [6.07, 6.45) is 12.3. The summed E-state index contributed by atoms with van der Waals surface area (Å²) in [7, 11) is 0. The molecule has 1 saturated heterocycles. The number of nitrogens with zero attached hydrogens (tertiary/aromatic N) is 2. The van der Waals surface area contributed by atoms with Crippen LogP contribution in [-0.4, -0.2) is 34.7 Å². The highest BCUT2D eigenvalue weighted by molar-refractivity contribution is 4.93. The van der Waals surface area contributed by atoms with Crippen molar-refractivity contribution in [1.29, 1.82) is 0 Å². The Morgan fingerprint density at radius 1 is 1.30 bits per heavy atom. The Hall–Kier alpha value is -0.870. The first-order valence-electron chi connectivity index (χ1n) is 8.29. The molecule has 2 aliphatic rings. The topological polar surface area (TPSA) is 41.9 Å². The smallest absolute Gasteiger partial charge is 0.105 e. The summed E-state index contributed by atoms with van der Waals surface area (Å²) in [6.45, 7) is 5.39. The number of hydrogen-bond acceptors (Lipinski definition) is 3. The van der Waals surface area contributed by atoms with E-state index in [9.17, 15) is 0 Å². The summed E-state index contributed by atoms with van der Waals surface area (Å²) in [6, 6.07) is 1.48. The fraction of sp³-hybridized carbons (Fsp3) is 0.812. The lowest BCUT2D eigenvalue weighted by molar-refractivity contribution is 0.256. The van der Waals surface area contributed by atoms with E-state index in [4.69, 9.17) is 0 Å². The average Bonchev–Trinajstić information content (AvgIpc) is 3.10. The summed E-state index contributed by atoms with van der Waals surface area (Å²) >= 11 is 0. The Balaban J connectivity index is 1.47. The van der Waals surface area contributed by atoms with E-state index in [1.165, 1.54) is 45.1 Å². The Morgan fingerprint density at radius 2 is 2.25 bits per heavy atom.